The van der Waals surface area contributed by atoms with Crippen molar-refractivity contribution in [1.29, 1.82) is 0 Å². The second-order valence-electron chi connectivity index (χ2n) is 4.46. The van der Waals surface area contributed by atoms with E-state index >= 15 is 0 Å². The summed E-state index contributed by atoms with van der Waals surface area (Å²) in [4.78, 5) is 0. The normalized spacial score (nSPS) is 11.6. The Morgan fingerprint density at radius 3 is 1.12 bits per heavy atom. The summed E-state index contributed by atoms with van der Waals surface area (Å²) >= 11 is 0. The molecule has 6 nitrogen and oxygen atoms in total. The van der Waals surface area contributed by atoms with Crippen LogP contribution in [0.25, 0.3) is 12.2 Å². The van der Waals surface area contributed by atoms with E-state index in [0.717, 1.165) is 21.9 Å². The Labute approximate surface area is 159 Å². The van der Waals surface area contributed by atoms with Gasteiger partial charge in [0.15, 0.2) is 0 Å². The first-order valence-electron chi connectivity index (χ1n) is 6.57. The number of hydrogen-bond donors (Lipinski definition) is 2. The van der Waals surface area contributed by atoms with Crippen LogP contribution >= 0.6 is 0 Å². The van der Waals surface area contributed by atoms with Crippen LogP contribution in [0, 0.1) is 0 Å². The van der Waals surface area contributed by atoms with E-state index in [2.05, 4.69) is 0 Å². The molecule has 0 bridgehead atoms. The summed E-state index contributed by atoms with van der Waals surface area (Å²) in [5.41, 5.74) is 1.46. The third kappa shape index (κ3) is 13.3. The molecule has 0 atom stereocenters. The number of hydrogen-bond acceptors (Lipinski definition) is 4. The Hall–Kier alpha value is -1.66. The van der Waals surface area contributed by atoms with E-state index in [1.165, 1.54) is 12.2 Å². The molecule has 2 aromatic carbocycles. The van der Waals surface area contributed by atoms with Gasteiger partial charge in [-0.3, -0.25) is 9.11 Å². The molecule has 2 aromatic rings. The van der Waals surface area contributed by atoms with E-state index in [9.17, 15) is 16.8 Å². The third-order valence-corrected chi connectivity index (χ3v) is 3.42. The molecule has 2 N–H and O–H groups in total. The minimum absolute atomic E-state index is 0. The second kappa shape index (κ2) is 11.0. The van der Waals surface area contributed by atoms with Gasteiger partial charge in [-0.05, 0) is 23.3 Å². The molecule has 0 radical (unpaired) electrons. The van der Waals surface area contributed by atoms with E-state index < -0.39 is 20.2 Å². The Morgan fingerprint density at radius 1 is 0.600 bits per heavy atom. The standard InChI is InChI=1S/2C8H8O3S.Li.H/c2*9-12(10,11)7-6-8-4-2-1-3-5-8;;/h2*1-7H,(H,9,10,11);;. The van der Waals surface area contributed by atoms with Crippen LogP contribution in [-0.4, -0.2) is 44.8 Å². The van der Waals surface area contributed by atoms with Gasteiger partial charge in [-0.25, -0.2) is 0 Å². The van der Waals surface area contributed by atoms with Crippen LogP contribution in [0.2, 0.25) is 0 Å². The molecule has 0 saturated carbocycles. The summed E-state index contributed by atoms with van der Waals surface area (Å²) in [7, 11) is -8.01. The molecule has 0 aliphatic rings. The van der Waals surface area contributed by atoms with Gasteiger partial charge < -0.3 is 0 Å². The van der Waals surface area contributed by atoms with Crippen molar-refractivity contribution in [2.45, 2.75) is 0 Å². The van der Waals surface area contributed by atoms with Gasteiger partial charge in [0.25, 0.3) is 20.2 Å². The zero-order valence-corrected chi connectivity index (χ0v) is 14.1. The van der Waals surface area contributed by atoms with Crippen LogP contribution < -0.4 is 0 Å². The topological polar surface area (TPSA) is 109 Å². The van der Waals surface area contributed by atoms with Crippen LogP contribution in [0.4, 0.5) is 0 Å². The first-order valence-corrected chi connectivity index (χ1v) is 9.58. The summed E-state index contributed by atoms with van der Waals surface area (Å²) in [6.07, 6.45) is 2.66. The van der Waals surface area contributed by atoms with Crippen molar-refractivity contribution in [2.24, 2.45) is 0 Å². The average molecular weight is 376 g/mol. The van der Waals surface area contributed by atoms with Gasteiger partial charge in [0, 0.05) is 0 Å². The summed E-state index contributed by atoms with van der Waals surface area (Å²) in [5, 5.41) is 1.50. The number of benzene rings is 2. The van der Waals surface area contributed by atoms with Gasteiger partial charge in [-0.1, -0.05) is 60.7 Å². The third-order valence-electron chi connectivity index (χ3n) is 2.46. The Bertz CT molecular complexity index is 813. The SMILES string of the molecule is O=S(=O)(O)C=Cc1ccccc1.O=S(=O)(O)C=Cc1ccccc1.[LiH]. The van der Waals surface area contributed by atoms with E-state index in [0.29, 0.717) is 0 Å². The van der Waals surface area contributed by atoms with Crippen molar-refractivity contribution in [2.75, 3.05) is 0 Å². The maximum atomic E-state index is 10.3. The van der Waals surface area contributed by atoms with Gasteiger partial charge in [-0.15, -0.1) is 0 Å². The molecule has 130 valence electrons. The first-order chi connectivity index (χ1) is 11.2. The summed E-state index contributed by atoms with van der Waals surface area (Å²) in [5.74, 6) is 0. The monoisotopic (exact) mass is 376 g/mol. The Balaban J connectivity index is 0.000000443. The molecule has 0 amide bonds. The Kier molecular flexibility index (Phi) is 10.3. The summed E-state index contributed by atoms with van der Waals surface area (Å²) in [6, 6.07) is 17.7. The van der Waals surface area contributed by atoms with E-state index in [-0.39, 0.29) is 18.9 Å². The molecule has 25 heavy (non-hydrogen) atoms. The van der Waals surface area contributed by atoms with Crippen molar-refractivity contribution in [3.8, 4) is 0 Å². The van der Waals surface area contributed by atoms with Crippen molar-refractivity contribution in [3.05, 3.63) is 82.6 Å². The van der Waals surface area contributed by atoms with Crippen LogP contribution in [0.5, 0.6) is 0 Å². The van der Waals surface area contributed by atoms with E-state index in [1.54, 1.807) is 48.5 Å². The van der Waals surface area contributed by atoms with Crippen molar-refractivity contribution in [1.82, 2.24) is 0 Å². The Morgan fingerprint density at radius 2 is 0.880 bits per heavy atom. The molecule has 0 heterocycles. The van der Waals surface area contributed by atoms with Crippen molar-refractivity contribution < 1.29 is 25.9 Å². The van der Waals surface area contributed by atoms with Gasteiger partial charge in [0.2, 0.25) is 0 Å². The fourth-order valence-electron chi connectivity index (χ4n) is 1.46. The fourth-order valence-corrected chi connectivity index (χ4v) is 2.12. The number of rotatable bonds is 4. The van der Waals surface area contributed by atoms with Gasteiger partial charge >= 0.3 is 18.9 Å². The quantitative estimate of drug-likeness (QED) is 0.627. The maximum absolute atomic E-state index is 10.3. The van der Waals surface area contributed by atoms with Crippen LogP contribution in [0.3, 0.4) is 0 Å². The minimum atomic E-state index is -4.00. The molecule has 2 rings (SSSR count). The van der Waals surface area contributed by atoms with Crippen LogP contribution in [0.15, 0.2) is 71.5 Å². The van der Waals surface area contributed by atoms with Gasteiger partial charge in [0.1, 0.15) is 0 Å². The zero-order chi connectivity index (χ0) is 18.1. The zero-order valence-electron chi connectivity index (χ0n) is 12.4. The van der Waals surface area contributed by atoms with Gasteiger partial charge in [-0.2, -0.15) is 16.8 Å². The molecule has 0 aromatic heterocycles. The molecule has 0 aliphatic heterocycles. The molecule has 0 saturated heterocycles. The molecule has 0 fully saturated rings. The second-order valence-corrected chi connectivity index (χ2v) is 7.06. The predicted octanol–water partition coefficient (Wildman–Crippen LogP) is 2.44. The molecule has 0 unspecified atom stereocenters. The molecule has 0 spiro atoms. The van der Waals surface area contributed by atoms with Crippen LogP contribution in [-0.2, 0) is 20.2 Å². The molecule has 0 aliphatic carbocycles. The van der Waals surface area contributed by atoms with E-state index in [4.69, 9.17) is 9.11 Å². The summed E-state index contributed by atoms with van der Waals surface area (Å²) < 4.78 is 57.8. The van der Waals surface area contributed by atoms with Crippen molar-refractivity contribution >= 4 is 51.2 Å². The van der Waals surface area contributed by atoms with Gasteiger partial charge in [0.05, 0.1) is 10.8 Å². The molecular weight excluding hydrogens is 359 g/mol. The van der Waals surface area contributed by atoms with Crippen molar-refractivity contribution in [3.63, 3.8) is 0 Å². The first kappa shape index (κ1) is 23.3. The predicted molar refractivity (Wildman–Crippen MR) is 101 cm³/mol. The molecular formula is C16H17LiO6S2. The fraction of sp³-hybridized carbons (Fsp3) is 0. The summed E-state index contributed by atoms with van der Waals surface area (Å²) in [6.45, 7) is 0. The average Bonchev–Trinajstić information content (AvgIpc) is 2.52. The van der Waals surface area contributed by atoms with Crippen LogP contribution in [0.1, 0.15) is 11.1 Å². The molecule has 9 heteroatoms. The van der Waals surface area contributed by atoms with E-state index in [1.807, 2.05) is 12.1 Å².